The second-order valence-corrected chi connectivity index (χ2v) is 7.61. The van der Waals surface area contributed by atoms with Gasteiger partial charge in [0.2, 0.25) is 5.91 Å². The Morgan fingerprint density at radius 3 is 2.56 bits per heavy atom. The minimum atomic E-state index is 0. The average molecular weight is 367 g/mol. The fraction of sp³-hybridized carbons (Fsp3) is 0.650. The fourth-order valence-corrected chi connectivity index (χ4v) is 4.01. The van der Waals surface area contributed by atoms with E-state index in [0.717, 1.165) is 44.8 Å². The van der Waals surface area contributed by atoms with Crippen molar-refractivity contribution in [2.45, 2.75) is 46.5 Å². The minimum Gasteiger partial charge on any atom is -0.493 e. The Kier molecular flexibility index (Phi) is 6.75. The van der Waals surface area contributed by atoms with Gasteiger partial charge >= 0.3 is 0 Å². The summed E-state index contributed by atoms with van der Waals surface area (Å²) >= 11 is 0. The molecule has 1 N–H and O–H groups in total. The molecular weight excluding hydrogens is 336 g/mol. The molecule has 4 nitrogen and oxygen atoms in total. The number of nitrogens with zero attached hydrogens (tertiary/aromatic N) is 1. The molecule has 0 aliphatic carbocycles. The molecule has 5 heteroatoms. The van der Waals surface area contributed by atoms with Crippen LogP contribution in [-0.2, 0) is 4.79 Å². The molecule has 2 aliphatic rings. The highest BCUT2D eigenvalue weighted by atomic mass is 35.5. The van der Waals surface area contributed by atoms with Crippen LogP contribution in [0, 0.1) is 26.2 Å². The second-order valence-electron chi connectivity index (χ2n) is 7.61. The topological polar surface area (TPSA) is 41.6 Å². The highest BCUT2D eigenvalue weighted by Crippen LogP contribution is 2.37. The molecular formula is C20H31ClN2O2. The van der Waals surface area contributed by atoms with Gasteiger partial charge in [0, 0.05) is 19.6 Å². The van der Waals surface area contributed by atoms with E-state index in [2.05, 4.69) is 38.2 Å². The van der Waals surface area contributed by atoms with Gasteiger partial charge < -0.3 is 15.0 Å². The van der Waals surface area contributed by atoms with Crippen LogP contribution in [0.2, 0.25) is 0 Å². The number of amides is 1. The number of carbonyl (C=O) groups excluding carboxylic acids is 1. The number of benzene rings is 1. The maximum absolute atomic E-state index is 12.4. The second kappa shape index (κ2) is 8.41. The monoisotopic (exact) mass is 366 g/mol. The van der Waals surface area contributed by atoms with Gasteiger partial charge in [0.15, 0.2) is 0 Å². The van der Waals surface area contributed by atoms with Crippen molar-refractivity contribution < 1.29 is 9.53 Å². The minimum absolute atomic E-state index is 0. The van der Waals surface area contributed by atoms with E-state index in [1.165, 1.54) is 23.1 Å². The Labute approximate surface area is 157 Å². The molecule has 140 valence electrons. The van der Waals surface area contributed by atoms with Crippen LogP contribution >= 0.6 is 12.4 Å². The van der Waals surface area contributed by atoms with Crippen molar-refractivity contribution in [3.8, 4) is 5.75 Å². The summed E-state index contributed by atoms with van der Waals surface area (Å²) < 4.78 is 5.90. The molecule has 1 spiro atoms. The zero-order chi connectivity index (χ0) is 17.2. The summed E-state index contributed by atoms with van der Waals surface area (Å²) in [4.78, 5) is 14.5. The van der Waals surface area contributed by atoms with Gasteiger partial charge in [0.25, 0.3) is 0 Å². The van der Waals surface area contributed by atoms with Crippen molar-refractivity contribution in [1.29, 1.82) is 0 Å². The normalized spacial score (nSPS) is 18.9. The van der Waals surface area contributed by atoms with Crippen molar-refractivity contribution in [3.63, 3.8) is 0 Å². The first kappa shape index (κ1) is 20.1. The van der Waals surface area contributed by atoms with Gasteiger partial charge in [-0.3, -0.25) is 4.79 Å². The summed E-state index contributed by atoms with van der Waals surface area (Å²) in [5.74, 6) is 1.15. The first-order valence-corrected chi connectivity index (χ1v) is 9.18. The van der Waals surface area contributed by atoms with Crippen LogP contribution in [0.3, 0.4) is 0 Å². The largest absolute Gasteiger partial charge is 0.493 e. The number of carbonyl (C=O) groups is 1. The molecule has 1 amide bonds. The Bertz CT molecular complexity index is 602. The number of piperidine rings is 1. The molecule has 0 aromatic heterocycles. The summed E-state index contributed by atoms with van der Waals surface area (Å²) in [6.07, 6.45) is 4.02. The van der Waals surface area contributed by atoms with Crippen molar-refractivity contribution in [2.75, 3.05) is 32.8 Å². The van der Waals surface area contributed by atoms with Gasteiger partial charge in [-0.15, -0.1) is 12.4 Å². The maximum Gasteiger partial charge on any atom is 0.225 e. The van der Waals surface area contributed by atoms with E-state index in [1.807, 2.05) is 4.90 Å². The number of rotatable bonds is 4. The highest BCUT2D eigenvalue weighted by molar-refractivity contribution is 5.85. The van der Waals surface area contributed by atoms with Crippen LogP contribution in [-0.4, -0.2) is 43.6 Å². The van der Waals surface area contributed by atoms with Crippen molar-refractivity contribution in [1.82, 2.24) is 10.2 Å². The first-order chi connectivity index (χ1) is 11.5. The first-order valence-electron chi connectivity index (χ1n) is 9.18. The van der Waals surface area contributed by atoms with E-state index in [9.17, 15) is 4.79 Å². The molecule has 25 heavy (non-hydrogen) atoms. The van der Waals surface area contributed by atoms with Gasteiger partial charge in [-0.25, -0.2) is 0 Å². The fourth-order valence-electron chi connectivity index (χ4n) is 4.01. The smallest absolute Gasteiger partial charge is 0.225 e. The third-order valence-corrected chi connectivity index (χ3v) is 5.85. The van der Waals surface area contributed by atoms with Crippen molar-refractivity contribution in [2.24, 2.45) is 5.41 Å². The number of halogens is 1. The average Bonchev–Trinajstić information content (AvgIpc) is 3.00. The Balaban J connectivity index is 0.00000225. The lowest BCUT2D eigenvalue weighted by atomic mass is 9.78. The molecule has 0 unspecified atom stereocenters. The van der Waals surface area contributed by atoms with Crippen LogP contribution in [0.4, 0.5) is 0 Å². The van der Waals surface area contributed by atoms with E-state index in [-0.39, 0.29) is 18.3 Å². The molecule has 0 bridgehead atoms. The molecule has 2 fully saturated rings. The van der Waals surface area contributed by atoms with Crippen LogP contribution in [0.15, 0.2) is 12.1 Å². The number of hydrogen-bond acceptors (Lipinski definition) is 3. The van der Waals surface area contributed by atoms with Crippen molar-refractivity contribution >= 4 is 18.3 Å². The maximum atomic E-state index is 12.4. The van der Waals surface area contributed by atoms with Gasteiger partial charge in [-0.05, 0) is 74.8 Å². The Morgan fingerprint density at radius 2 is 1.92 bits per heavy atom. The molecule has 1 aromatic rings. The van der Waals surface area contributed by atoms with E-state index in [4.69, 9.17) is 4.74 Å². The van der Waals surface area contributed by atoms with Gasteiger partial charge in [-0.2, -0.15) is 0 Å². The third-order valence-electron chi connectivity index (χ3n) is 5.85. The lowest BCUT2D eigenvalue weighted by Gasteiger charge is -2.38. The SMILES string of the molecule is Cc1cc(C)c(C)c(OCCC(=O)N2CCC3(CCNC3)CC2)c1.Cl. The number of nitrogens with one attached hydrogen (secondary N) is 1. The predicted molar refractivity (Wildman–Crippen MR) is 104 cm³/mol. The molecule has 2 heterocycles. The number of ether oxygens (including phenoxy) is 1. The molecule has 0 radical (unpaired) electrons. The lowest BCUT2D eigenvalue weighted by Crippen LogP contribution is -2.44. The molecule has 2 aliphatic heterocycles. The number of likely N-dealkylation sites (tertiary alicyclic amines) is 1. The van der Waals surface area contributed by atoms with Crippen LogP contribution in [0.5, 0.6) is 5.75 Å². The molecule has 2 saturated heterocycles. The predicted octanol–water partition coefficient (Wildman–Crippen LogP) is 3.40. The van der Waals surface area contributed by atoms with Gasteiger partial charge in [-0.1, -0.05) is 6.07 Å². The third kappa shape index (κ3) is 4.68. The van der Waals surface area contributed by atoms with Crippen LogP contribution < -0.4 is 10.1 Å². The van der Waals surface area contributed by atoms with Gasteiger partial charge in [0.05, 0.1) is 13.0 Å². The quantitative estimate of drug-likeness (QED) is 0.887. The van der Waals surface area contributed by atoms with E-state index in [0.29, 0.717) is 18.4 Å². The van der Waals surface area contributed by atoms with E-state index >= 15 is 0 Å². The zero-order valence-corrected chi connectivity index (χ0v) is 16.5. The lowest BCUT2D eigenvalue weighted by molar-refractivity contribution is -0.133. The molecule has 0 atom stereocenters. The van der Waals surface area contributed by atoms with Crippen molar-refractivity contribution in [3.05, 3.63) is 28.8 Å². The Hall–Kier alpha value is -1.26. The summed E-state index contributed by atoms with van der Waals surface area (Å²) in [6.45, 7) is 10.8. The van der Waals surface area contributed by atoms with Crippen LogP contribution in [0.1, 0.15) is 42.4 Å². The molecule has 1 aromatic carbocycles. The van der Waals surface area contributed by atoms with E-state index in [1.54, 1.807) is 0 Å². The molecule has 3 rings (SSSR count). The zero-order valence-electron chi connectivity index (χ0n) is 15.7. The summed E-state index contributed by atoms with van der Waals surface area (Å²) in [6, 6.07) is 4.22. The number of aryl methyl sites for hydroxylation is 2. The van der Waals surface area contributed by atoms with Crippen LogP contribution in [0.25, 0.3) is 0 Å². The molecule has 0 saturated carbocycles. The number of hydrogen-bond donors (Lipinski definition) is 1. The standard InChI is InChI=1S/C20H30N2O2.ClH/c1-15-12-16(2)17(3)18(13-15)24-11-4-19(23)22-9-6-20(7-10-22)5-8-21-14-20;/h12-13,21H,4-11,14H2,1-3H3;1H. The van der Waals surface area contributed by atoms with Gasteiger partial charge in [0.1, 0.15) is 5.75 Å². The van der Waals surface area contributed by atoms with E-state index < -0.39 is 0 Å². The summed E-state index contributed by atoms with van der Waals surface area (Å²) in [5, 5.41) is 3.47. The summed E-state index contributed by atoms with van der Waals surface area (Å²) in [5.41, 5.74) is 4.07. The Morgan fingerprint density at radius 1 is 1.20 bits per heavy atom. The highest BCUT2D eigenvalue weighted by Gasteiger charge is 2.37. The summed E-state index contributed by atoms with van der Waals surface area (Å²) in [7, 11) is 0.